The maximum Gasteiger partial charge on any atom is 0.573 e. The molecule has 0 unspecified atom stereocenters. The first kappa shape index (κ1) is 26.7. The number of carbonyl (C=O) groups is 1. The molecule has 0 saturated carbocycles. The number of carbonyl (C=O) groups excluding carboxylic acids is 1. The number of hydrogen-bond acceptors (Lipinski definition) is 8. The van der Waals surface area contributed by atoms with E-state index in [4.69, 9.17) is 10.5 Å². The van der Waals surface area contributed by atoms with E-state index in [2.05, 4.69) is 20.1 Å². The smallest absolute Gasteiger partial charge is 0.410 e. The summed E-state index contributed by atoms with van der Waals surface area (Å²) in [6, 6.07) is 16.3. The van der Waals surface area contributed by atoms with Gasteiger partial charge in [-0.3, -0.25) is 15.4 Å². The van der Waals surface area contributed by atoms with Crippen LogP contribution in [0, 0.1) is 10.1 Å². The fourth-order valence-electron chi connectivity index (χ4n) is 3.01. The summed E-state index contributed by atoms with van der Waals surface area (Å²) in [6.45, 7) is 0. The number of amides is 1. The number of benzene rings is 3. The maximum absolute atomic E-state index is 12.3. The standard InChI is InChI=1S/C22H15F3N6O5.ClH/c23-22(24,25)36-18-11-5-15(6-12-18)30-20(26)28-19(29-30)13-1-3-14(4-2-13)27-21(32)35-17-9-7-16(8-10-17)31(33)34;/h1-12H,(H,27,32)(H2,26,28,29);1H. The van der Waals surface area contributed by atoms with E-state index < -0.39 is 17.4 Å². The van der Waals surface area contributed by atoms with Crippen LogP contribution in [0.1, 0.15) is 0 Å². The quantitative estimate of drug-likeness (QED) is 0.247. The van der Waals surface area contributed by atoms with Crippen LogP contribution < -0.4 is 20.5 Å². The Hall–Kier alpha value is -4.85. The number of nitrogens with two attached hydrogens (primary N) is 1. The van der Waals surface area contributed by atoms with E-state index in [1.807, 2.05) is 0 Å². The topological polar surface area (TPSA) is 147 Å². The van der Waals surface area contributed by atoms with Crippen LogP contribution in [0.2, 0.25) is 0 Å². The first-order valence-corrected chi connectivity index (χ1v) is 10.00. The van der Waals surface area contributed by atoms with Crippen LogP contribution in [-0.2, 0) is 0 Å². The van der Waals surface area contributed by atoms with Crippen LogP contribution >= 0.6 is 12.4 Å². The Morgan fingerprint density at radius 1 is 0.973 bits per heavy atom. The van der Waals surface area contributed by atoms with Gasteiger partial charge in [0, 0.05) is 23.4 Å². The highest BCUT2D eigenvalue weighted by Gasteiger charge is 2.31. The molecule has 0 aliphatic carbocycles. The van der Waals surface area contributed by atoms with Crippen molar-refractivity contribution in [3.8, 4) is 28.6 Å². The molecule has 192 valence electrons. The number of anilines is 2. The molecule has 3 N–H and O–H groups in total. The average Bonchev–Trinajstić information content (AvgIpc) is 3.21. The summed E-state index contributed by atoms with van der Waals surface area (Å²) >= 11 is 0. The lowest BCUT2D eigenvalue weighted by Crippen LogP contribution is -2.17. The minimum absolute atomic E-state index is 0. The zero-order valence-corrected chi connectivity index (χ0v) is 19.2. The number of rotatable bonds is 6. The number of ether oxygens (including phenoxy) is 2. The Morgan fingerprint density at radius 3 is 2.14 bits per heavy atom. The Kier molecular flexibility index (Phi) is 7.82. The van der Waals surface area contributed by atoms with Gasteiger partial charge in [0.2, 0.25) is 5.95 Å². The van der Waals surface area contributed by atoms with Gasteiger partial charge in [-0.25, -0.2) is 4.79 Å². The third-order valence-corrected chi connectivity index (χ3v) is 4.59. The second kappa shape index (κ2) is 10.8. The molecule has 4 rings (SSSR count). The van der Waals surface area contributed by atoms with Crippen molar-refractivity contribution in [2.24, 2.45) is 0 Å². The van der Waals surface area contributed by atoms with Crippen molar-refractivity contribution in [2.45, 2.75) is 6.36 Å². The summed E-state index contributed by atoms with van der Waals surface area (Å²) in [5.41, 5.74) is 7.08. The number of nitrogens with zero attached hydrogens (tertiary/aromatic N) is 4. The lowest BCUT2D eigenvalue weighted by Gasteiger charge is -2.09. The SMILES string of the molecule is Cl.Nc1nc(-c2ccc(NC(=O)Oc3ccc([N+](=O)[O-])cc3)cc2)nn1-c1ccc(OC(F)(F)F)cc1. The van der Waals surface area contributed by atoms with Crippen molar-refractivity contribution in [3.63, 3.8) is 0 Å². The predicted octanol–water partition coefficient (Wildman–Crippen LogP) is 5.36. The van der Waals surface area contributed by atoms with Crippen LogP contribution in [0.4, 0.5) is 35.3 Å². The van der Waals surface area contributed by atoms with Gasteiger partial charge in [0.05, 0.1) is 10.6 Å². The first-order valence-electron chi connectivity index (χ1n) is 10.00. The molecule has 0 atom stereocenters. The number of nitro groups is 1. The van der Waals surface area contributed by atoms with Crippen LogP contribution in [0.5, 0.6) is 11.5 Å². The van der Waals surface area contributed by atoms with Gasteiger partial charge < -0.3 is 15.2 Å². The van der Waals surface area contributed by atoms with E-state index in [1.54, 1.807) is 24.3 Å². The molecule has 1 heterocycles. The van der Waals surface area contributed by atoms with Crippen molar-refractivity contribution < 1.29 is 32.4 Å². The van der Waals surface area contributed by atoms with Crippen molar-refractivity contribution >= 4 is 35.8 Å². The molecule has 0 spiro atoms. The van der Waals surface area contributed by atoms with E-state index in [0.29, 0.717) is 16.9 Å². The number of non-ortho nitro benzene ring substituents is 1. The number of aromatic nitrogens is 3. The zero-order chi connectivity index (χ0) is 25.9. The third kappa shape index (κ3) is 6.85. The van der Waals surface area contributed by atoms with Gasteiger partial charge in [0.1, 0.15) is 11.5 Å². The minimum atomic E-state index is -4.80. The molecule has 1 aromatic heterocycles. The Balaban J connectivity index is 0.00000380. The molecule has 1 amide bonds. The third-order valence-electron chi connectivity index (χ3n) is 4.59. The molecule has 0 aliphatic heterocycles. The van der Waals surface area contributed by atoms with E-state index in [0.717, 1.165) is 12.1 Å². The summed E-state index contributed by atoms with van der Waals surface area (Å²) < 4.78 is 47.2. The maximum atomic E-state index is 12.3. The molecule has 0 radical (unpaired) electrons. The highest BCUT2D eigenvalue weighted by atomic mass is 35.5. The molecular formula is C22H16ClF3N6O5. The van der Waals surface area contributed by atoms with Crippen molar-refractivity contribution in [1.82, 2.24) is 14.8 Å². The normalized spacial score (nSPS) is 10.8. The highest BCUT2D eigenvalue weighted by molar-refractivity contribution is 5.86. The Labute approximate surface area is 212 Å². The monoisotopic (exact) mass is 536 g/mol. The molecule has 0 bridgehead atoms. The van der Waals surface area contributed by atoms with E-state index >= 15 is 0 Å². The largest absolute Gasteiger partial charge is 0.573 e. The minimum Gasteiger partial charge on any atom is -0.410 e. The van der Waals surface area contributed by atoms with Gasteiger partial charge in [0.25, 0.3) is 5.69 Å². The molecular weight excluding hydrogens is 521 g/mol. The van der Waals surface area contributed by atoms with Gasteiger partial charge in [-0.2, -0.15) is 9.67 Å². The highest BCUT2D eigenvalue weighted by Crippen LogP contribution is 2.26. The number of halogens is 4. The summed E-state index contributed by atoms with van der Waals surface area (Å²) in [4.78, 5) is 26.4. The van der Waals surface area contributed by atoms with Crippen LogP contribution in [0.3, 0.4) is 0 Å². The van der Waals surface area contributed by atoms with Gasteiger partial charge in [-0.15, -0.1) is 30.7 Å². The summed E-state index contributed by atoms with van der Waals surface area (Å²) in [7, 11) is 0. The Bertz CT molecular complexity index is 1390. The summed E-state index contributed by atoms with van der Waals surface area (Å²) in [5.74, 6) is -0.0234. The number of nitrogens with one attached hydrogen (secondary N) is 1. The van der Waals surface area contributed by atoms with Gasteiger partial charge in [-0.1, -0.05) is 0 Å². The average molecular weight is 537 g/mol. The number of nitrogen functional groups attached to an aromatic ring is 1. The van der Waals surface area contributed by atoms with Crippen LogP contribution in [-0.4, -0.2) is 32.1 Å². The number of alkyl halides is 3. The zero-order valence-electron chi connectivity index (χ0n) is 18.4. The van der Waals surface area contributed by atoms with Gasteiger partial charge in [0.15, 0.2) is 5.82 Å². The fourth-order valence-corrected chi connectivity index (χ4v) is 3.01. The molecule has 0 saturated heterocycles. The fraction of sp³-hybridized carbons (Fsp3) is 0.0455. The van der Waals surface area contributed by atoms with Crippen molar-refractivity contribution in [3.05, 3.63) is 82.9 Å². The van der Waals surface area contributed by atoms with E-state index in [-0.39, 0.29) is 41.4 Å². The lowest BCUT2D eigenvalue weighted by atomic mass is 10.2. The second-order valence-corrected chi connectivity index (χ2v) is 7.09. The second-order valence-electron chi connectivity index (χ2n) is 7.09. The van der Waals surface area contributed by atoms with Crippen molar-refractivity contribution in [1.29, 1.82) is 0 Å². The number of hydrogen-bond donors (Lipinski definition) is 2. The lowest BCUT2D eigenvalue weighted by molar-refractivity contribution is -0.384. The predicted molar refractivity (Wildman–Crippen MR) is 128 cm³/mol. The van der Waals surface area contributed by atoms with Crippen LogP contribution in [0.15, 0.2) is 72.8 Å². The molecule has 15 heteroatoms. The molecule has 37 heavy (non-hydrogen) atoms. The van der Waals surface area contributed by atoms with Crippen molar-refractivity contribution in [2.75, 3.05) is 11.1 Å². The summed E-state index contributed by atoms with van der Waals surface area (Å²) in [6.07, 6.45) is -5.61. The van der Waals surface area contributed by atoms with Gasteiger partial charge in [-0.05, 0) is 60.7 Å². The van der Waals surface area contributed by atoms with E-state index in [9.17, 15) is 28.1 Å². The van der Waals surface area contributed by atoms with E-state index in [1.165, 1.54) is 41.1 Å². The summed E-state index contributed by atoms with van der Waals surface area (Å²) in [5, 5.41) is 17.5. The molecule has 4 aromatic rings. The number of nitro benzene ring substituents is 1. The van der Waals surface area contributed by atoms with Crippen LogP contribution in [0.25, 0.3) is 17.1 Å². The molecule has 0 fully saturated rings. The molecule has 11 nitrogen and oxygen atoms in total. The molecule has 3 aromatic carbocycles. The van der Waals surface area contributed by atoms with Gasteiger partial charge >= 0.3 is 12.5 Å². The first-order chi connectivity index (χ1) is 17.1. The molecule has 0 aliphatic rings. The Morgan fingerprint density at radius 2 is 1.57 bits per heavy atom.